The van der Waals surface area contributed by atoms with Gasteiger partial charge in [0, 0.05) is 16.8 Å². The summed E-state index contributed by atoms with van der Waals surface area (Å²) < 4.78 is 43.2. The van der Waals surface area contributed by atoms with E-state index in [0.717, 1.165) is 17.7 Å². The SMILES string of the molecule is Cc1ccc(C(=O)NCC#Cc2cccc(C(F)(F)F)c2)cc1NC(=O)c1ccco1. The van der Waals surface area contributed by atoms with Crippen molar-refractivity contribution in [2.24, 2.45) is 0 Å². The number of furan rings is 1. The largest absolute Gasteiger partial charge is 0.459 e. The summed E-state index contributed by atoms with van der Waals surface area (Å²) in [6.07, 6.45) is -3.06. The molecule has 0 spiro atoms. The molecular formula is C23H17F3N2O3. The minimum absolute atomic E-state index is 0.0585. The van der Waals surface area contributed by atoms with Crippen LogP contribution >= 0.6 is 0 Å². The van der Waals surface area contributed by atoms with Crippen LogP contribution < -0.4 is 10.6 Å². The summed E-state index contributed by atoms with van der Waals surface area (Å²) in [4.78, 5) is 24.5. The van der Waals surface area contributed by atoms with E-state index in [9.17, 15) is 22.8 Å². The number of hydrogen-bond acceptors (Lipinski definition) is 3. The second kappa shape index (κ2) is 9.22. The standard InChI is InChI=1S/C23H17F3N2O3/c1-15-9-10-17(14-19(15)28-22(30)20-8-4-12-31-20)21(29)27-11-3-6-16-5-2-7-18(13-16)23(24,25)26/h2,4-5,7-10,12-14H,11H2,1H3,(H,27,29)(H,28,30). The van der Waals surface area contributed by atoms with Gasteiger partial charge in [-0.05, 0) is 55.0 Å². The van der Waals surface area contributed by atoms with E-state index >= 15 is 0 Å². The highest BCUT2D eigenvalue weighted by Crippen LogP contribution is 2.29. The fourth-order valence-corrected chi connectivity index (χ4v) is 2.64. The van der Waals surface area contributed by atoms with Crippen molar-refractivity contribution < 1.29 is 27.2 Å². The Balaban J connectivity index is 1.63. The van der Waals surface area contributed by atoms with Crippen LogP contribution in [0.2, 0.25) is 0 Å². The average Bonchev–Trinajstić information content (AvgIpc) is 3.27. The molecule has 0 atom stereocenters. The molecule has 0 fully saturated rings. The Morgan fingerprint density at radius 3 is 2.55 bits per heavy atom. The van der Waals surface area contributed by atoms with Gasteiger partial charge >= 0.3 is 6.18 Å². The number of benzene rings is 2. The first-order chi connectivity index (χ1) is 14.7. The summed E-state index contributed by atoms with van der Waals surface area (Å²) >= 11 is 0. The van der Waals surface area contributed by atoms with Gasteiger partial charge in [0.25, 0.3) is 11.8 Å². The fourth-order valence-electron chi connectivity index (χ4n) is 2.64. The molecule has 1 heterocycles. The molecule has 0 unspecified atom stereocenters. The van der Waals surface area contributed by atoms with Crippen molar-refractivity contribution in [1.82, 2.24) is 5.32 Å². The summed E-state index contributed by atoms with van der Waals surface area (Å²) in [5, 5.41) is 5.26. The maximum Gasteiger partial charge on any atom is 0.416 e. The highest BCUT2D eigenvalue weighted by molar-refractivity contribution is 6.03. The van der Waals surface area contributed by atoms with E-state index in [4.69, 9.17) is 4.42 Å². The molecule has 0 saturated carbocycles. The lowest BCUT2D eigenvalue weighted by molar-refractivity contribution is -0.137. The molecule has 5 nitrogen and oxygen atoms in total. The van der Waals surface area contributed by atoms with Crippen LogP contribution in [0.3, 0.4) is 0 Å². The van der Waals surface area contributed by atoms with Crippen molar-refractivity contribution in [1.29, 1.82) is 0 Å². The van der Waals surface area contributed by atoms with Crippen molar-refractivity contribution in [3.8, 4) is 11.8 Å². The smallest absolute Gasteiger partial charge is 0.416 e. The van der Waals surface area contributed by atoms with Gasteiger partial charge in [-0.15, -0.1) is 0 Å². The van der Waals surface area contributed by atoms with Gasteiger partial charge in [0.2, 0.25) is 0 Å². The van der Waals surface area contributed by atoms with Crippen molar-refractivity contribution in [2.75, 3.05) is 11.9 Å². The van der Waals surface area contributed by atoms with Crippen LogP contribution in [-0.2, 0) is 6.18 Å². The predicted octanol–water partition coefficient (Wildman–Crippen LogP) is 4.64. The number of aryl methyl sites for hydroxylation is 1. The zero-order valence-corrected chi connectivity index (χ0v) is 16.3. The molecule has 1 aromatic heterocycles. The van der Waals surface area contributed by atoms with Crippen molar-refractivity contribution >= 4 is 17.5 Å². The van der Waals surface area contributed by atoms with Gasteiger partial charge in [-0.2, -0.15) is 13.2 Å². The van der Waals surface area contributed by atoms with Gasteiger partial charge in [0.1, 0.15) is 0 Å². The van der Waals surface area contributed by atoms with Gasteiger partial charge < -0.3 is 15.1 Å². The average molecular weight is 426 g/mol. The van der Waals surface area contributed by atoms with E-state index in [-0.39, 0.29) is 17.9 Å². The van der Waals surface area contributed by atoms with E-state index in [1.807, 2.05) is 0 Å². The van der Waals surface area contributed by atoms with Crippen LogP contribution in [0.25, 0.3) is 0 Å². The zero-order valence-electron chi connectivity index (χ0n) is 16.3. The third-order valence-corrected chi connectivity index (χ3v) is 4.25. The van der Waals surface area contributed by atoms with Crippen LogP contribution in [0.15, 0.2) is 65.3 Å². The maximum absolute atomic E-state index is 12.7. The predicted molar refractivity (Wildman–Crippen MR) is 108 cm³/mol. The molecule has 0 aliphatic carbocycles. The minimum atomic E-state index is -4.44. The number of carbonyl (C=O) groups excluding carboxylic acids is 2. The fraction of sp³-hybridized carbons (Fsp3) is 0.130. The molecule has 2 N–H and O–H groups in total. The second-order valence-corrected chi connectivity index (χ2v) is 6.52. The number of nitrogens with one attached hydrogen (secondary N) is 2. The normalized spacial score (nSPS) is 10.7. The van der Waals surface area contributed by atoms with Gasteiger partial charge in [-0.3, -0.25) is 9.59 Å². The Morgan fingerprint density at radius 1 is 1.03 bits per heavy atom. The number of carbonyl (C=O) groups is 2. The quantitative estimate of drug-likeness (QED) is 0.597. The third-order valence-electron chi connectivity index (χ3n) is 4.25. The first-order valence-electron chi connectivity index (χ1n) is 9.14. The van der Waals surface area contributed by atoms with Crippen molar-refractivity contribution in [2.45, 2.75) is 13.1 Å². The van der Waals surface area contributed by atoms with Gasteiger partial charge in [-0.1, -0.05) is 24.0 Å². The summed E-state index contributed by atoms with van der Waals surface area (Å²) in [5.41, 5.74) is 0.903. The summed E-state index contributed by atoms with van der Waals surface area (Å²) in [6, 6.07) is 12.5. The van der Waals surface area contributed by atoms with Crippen LogP contribution in [0, 0.1) is 18.8 Å². The molecule has 0 bridgehead atoms. The zero-order chi connectivity index (χ0) is 22.4. The Kier molecular flexibility index (Phi) is 6.46. The lowest BCUT2D eigenvalue weighted by atomic mass is 10.1. The highest BCUT2D eigenvalue weighted by Gasteiger charge is 2.30. The van der Waals surface area contributed by atoms with Crippen molar-refractivity contribution in [3.05, 3.63) is 88.9 Å². The molecule has 31 heavy (non-hydrogen) atoms. The molecule has 0 saturated heterocycles. The molecule has 0 aliphatic heterocycles. The van der Waals surface area contributed by atoms with Crippen LogP contribution in [0.1, 0.15) is 37.6 Å². The molecule has 0 aliphatic rings. The first-order valence-corrected chi connectivity index (χ1v) is 9.14. The van der Waals surface area contributed by atoms with Crippen LogP contribution in [0.5, 0.6) is 0 Å². The number of anilines is 1. The van der Waals surface area contributed by atoms with E-state index in [0.29, 0.717) is 11.3 Å². The topological polar surface area (TPSA) is 71.3 Å². The Morgan fingerprint density at radius 2 is 1.84 bits per heavy atom. The van der Waals surface area contributed by atoms with E-state index in [1.165, 1.54) is 30.5 Å². The Labute approximate surface area is 176 Å². The number of rotatable bonds is 4. The molecule has 2 aromatic carbocycles. The van der Waals surface area contributed by atoms with Crippen molar-refractivity contribution in [3.63, 3.8) is 0 Å². The lowest BCUT2D eigenvalue weighted by Crippen LogP contribution is -2.24. The molecule has 3 rings (SSSR count). The summed E-state index contributed by atoms with van der Waals surface area (Å²) in [6.45, 7) is 1.72. The number of hydrogen-bond donors (Lipinski definition) is 2. The highest BCUT2D eigenvalue weighted by atomic mass is 19.4. The lowest BCUT2D eigenvalue weighted by Gasteiger charge is -2.09. The Hall–Kier alpha value is -3.99. The van der Waals surface area contributed by atoms with Gasteiger partial charge in [0.05, 0.1) is 18.4 Å². The van der Waals surface area contributed by atoms with Gasteiger partial charge in [0.15, 0.2) is 5.76 Å². The Bertz CT molecular complexity index is 1160. The van der Waals surface area contributed by atoms with Crippen LogP contribution in [0.4, 0.5) is 18.9 Å². The number of amides is 2. The monoisotopic (exact) mass is 426 g/mol. The minimum Gasteiger partial charge on any atom is -0.459 e. The molecular weight excluding hydrogens is 409 g/mol. The third kappa shape index (κ3) is 5.76. The molecule has 2 amide bonds. The molecule has 3 aromatic rings. The number of halogens is 3. The second-order valence-electron chi connectivity index (χ2n) is 6.52. The maximum atomic E-state index is 12.7. The summed E-state index contributed by atoms with van der Waals surface area (Å²) in [5.74, 6) is 4.47. The molecule has 0 radical (unpaired) electrons. The molecule has 158 valence electrons. The van der Waals surface area contributed by atoms with E-state index in [1.54, 1.807) is 25.1 Å². The van der Waals surface area contributed by atoms with E-state index in [2.05, 4.69) is 22.5 Å². The number of alkyl halides is 3. The van der Waals surface area contributed by atoms with E-state index < -0.39 is 23.6 Å². The molecule has 8 heteroatoms. The van der Waals surface area contributed by atoms with Gasteiger partial charge in [-0.25, -0.2) is 0 Å². The van der Waals surface area contributed by atoms with Crippen LogP contribution in [-0.4, -0.2) is 18.4 Å². The summed E-state index contributed by atoms with van der Waals surface area (Å²) in [7, 11) is 0. The first kappa shape index (κ1) is 21.7.